The van der Waals surface area contributed by atoms with Gasteiger partial charge in [0.25, 0.3) is 5.91 Å². The third kappa shape index (κ3) is 3.62. The second-order valence-corrected chi connectivity index (χ2v) is 5.71. The molecule has 0 bridgehead atoms. The molecule has 0 saturated heterocycles. The van der Waals surface area contributed by atoms with Crippen LogP contribution in [0, 0.1) is 0 Å². The molecule has 3 aromatic rings. The van der Waals surface area contributed by atoms with Crippen LogP contribution in [0.1, 0.15) is 47.2 Å². The first-order chi connectivity index (χ1) is 11.3. The lowest BCUT2D eigenvalue weighted by Gasteiger charge is -2.15. The van der Waals surface area contributed by atoms with Gasteiger partial charge in [-0.1, -0.05) is 42.4 Å². The van der Waals surface area contributed by atoms with Crippen LogP contribution in [0.4, 0.5) is 0 Å². The summed E-state index contributed by atoms with van der Waals surface area (Å²) in [6.45, 7) is 2.04. The van der Waals surface area contributed by atoms with Crippen molar-refractivity contribution < 1.29 is 9.32 Å². The highest BCUT2D eigenvalue weighted by Crippen LogP contribution is 2.20. The molecule has 6 nitrogen and oxygen atoms in total. The topological polar surface area (TPSA) is 80.9 Å². The number of nitrogens with one attached hydrogen (secondary N) is 1. The number of carbonyl (C=O) groups excluding carboxylic acids is 1. The molecule has 0 spiro atoms. The van der Waals surface area contributed by atoms with Crippen LogP contribution in [0.25, 0.3) is 0 Å². The molecule has 1 atom stereocenters. The predicted octanol–water partition coefficient (Wildman–Crippen LogP) is 3.00. The molecule has 0 unspecified atom stereocenters. The van der Waals surface area contributed by atoms with E-state index in [0.29, 0.717) is 23.8 Å². The molecule has 0 fully saturated rings. The van der Waals surface area contributed by atoms with Crippen LogP contribution in [0.5, 0.6) is 0 Å². The standard InChI is InChI=1S/C16H16N4O2S/c1-2-6-13-18-15(20-22-13)14(11-7-4-3-5-8-11)19-16(21)12-9-23-10-17-12/h3-5,7-10,14H,2,6H2,1H3,(H,19,21)/t14-/m1/s1. The first-order valence-corrected chi connectivity index (χ1v) is 8.28. The normalized spacial score (nSPS) is 12.0. The maximum Gasteiger partial charge on any atom is 0.271 e. The Morgan fingerprint density at radius 3 is 2.87 bits per heavy atom. The number of rotatable bonds is 6. The van der Waals surface area contributed by atoms with E-state index in [1.165, 1.54) is 11.3 Å². The second kappa shape index (κ2) is 7.15. The summed E-state index contributed by atoms with van der Waals surface area (Å²) >= 11 is 1.38. The molecule has 1 N–H and O–H groups in total. The van der Waals surface area contributed by atoms with Crippen molar-refractivity contribution in [3.05, 3.63) is 64.2 Å². The Kier molecular flexibility index (Phi) is 4.77. The number of hydrogen-bond donors (Lipinski definition) is 1. The number of aryl methyl sites for hydroxylation is 1. The van der Waals surface area contributed by atoms with Crippen LogP contribution >= 0.6 is 11.3 Å². The number of benzene rings is 1. The Bertz CT molecular complexity index is 756. The van der Waals surface area contributed by atoms with Gasteiger partial charge in [-0.25, -0.2) is 4.98 Å². The molecule has 1 aromatic carbocycles. The molecule has 3 rings (SSSR count). The van der Waals surface area contributed by atoms with Crippen molar-refractivity contribution in [2.75, 3.05) is 0 Å². The van der Waals surface area contributed by atoms with Gasteiger partial charge in [0.05, 0.1) is 5.51 Å². The van der Waals surface area contributed by atoms with Gasteiger partial charge in [-0.3, -0.25) is 4.79 Å². The van der Waals surface area contributed by atoms with Gasteiger partial charge in [-0.15, -0.1) is 11.3 Å². The summed E-state index contributed by atoms with van der Waals surface area (Å²) in [7, 11) is 0. The van der Waals surface area contributed by atoms with Crippen molar-refractivity contribution in [2.24, 2.45) is 0 Å². The van der Waals surface area contributed by atoms with Crippen LogP contribution in [-0.4, -0.2) is 21.0 Å². The minimum absolute atomic E-state index is 0.262. The Morgan fingerprint density at radius 2 is 2.17 bits per heavy atom. The average molecular weight is 328 g/mol. The Balaban J connectivity index is 1.88. The molecule has 23 heavy (non-hydrogen) atoms. The maximum atomic E-state index is 12.3. The lowest BCUT2D eigenvalue weighted by atomic mass is 10.1. The van der Waals surface area contributed by atoms with Gasteiger partial charge in [0.15, 0.2) is 5.82 Å². The van der Waals surface area contributed by atoms with Gasteiger partial charge in [-0.05, 0) is 12.0 Å². The molecule has 7 heteroatoms. The highest BCUT2D eigenvalue weighted by Gasteiger charge is 2.23. The molecule has 2 heterocycles. The number of nitrogens with zero attached hydrogens (tertiary/aromatic N) is 3. The van der Waals surface area contributed by atoms with Crippen LogP contribution < -0.4 is 5.32 Å². The van der Waals surface area contributed by atoms with E-state index in [0.717, 1.165) is 12.0 Å². The van der Waals surface area contributed by atoms with E-state index in [1.54, 1.807) is 10.9 Å². The second-order valence-electron chi connectivity index (χ2n) is 4.99. The Hall–Kier alpha value is -2.54. The van der Waals surface area contributed by atoms with E-state index in [9.17, 15) is 4.79 Å². The van der Waals surface area contributed by atoms with Gasteiger partial charge in [0.2, 0.25) is 5.89 Å². The van der Waals surface area contributed by atoms with Crippen molar-refractivity contribution in [2.45, 2.75) is 25.8 Å². The van der Waals surface area contributed by atoms with E-state index in [2.05, 4.69) is 20.4 Å². The minimum Gasteiger partial charge on any atom is -0.339 e. The highest BCUT2D eigenvalue weighted by atomic mass is 32.1. The first kappa shape index (κ1) is 15.4. The molecule has 118 valence electrons. The zero-order valence-corrected chi connectivity index (χ0v) is 13.4. The number of thiazole rings is 1. The summed E-state index contributed by atoms with van der Waals surface area (Å²) in [5, 5.41) is 8.66. The van der Waals surface area contributed by atoms with Gasteiger partial charge >= 0.3 is 0 Å². The quantitative estimate of drug-likeness (QED) is 0.752. The number of carbonyl (C=O) groups is 1. The van der Waals surface area contributed by atoms with Crippen LogP contribution in [0.15, 0.2) is 45.7 Å². The Labute approximate surface area is 137 Å². The summed E-state index contributed by atoms with van der Waals surface area (Å²) in [4.78, 5) is 20.8. The van der Waals surface area contributed by atoms with Crippen molar-refractivity contribution in [1.82, 2.24) is 20.4 Å². The number of hydrogen-bond acceptors (Lipinski definition) is 6. The van der Waals surface area contributed by atoms with E-state index in [-0.39, 0.29) is 5.91 Å². The van der Waals surface area contributed by atoms with Crippen LogP contribution in [0.3, 0.4) is 0 Å². The number of aromatic nitrogens is 3. The molecular weight excluding hydrogens is 312 g/mol. The minimum atomic E-state index is -0.472. The first-order valence-electron chi connectivity index (χ1n) is 7.34. The fourth-order valence-corrected chi connectivity index (χ4v) is 2.70. The van der Waals surface area contributed by atoms with Gasteiger partial charge < -0.3 is 9.84 Å². The smallest absolute Gasteiger partial charge is 0.271 e. The zero-order chi connectivity index (χ0) is 16.1. The van der Waals surface area contributed by atoms with Crippen molar-refractivity contribution >= 4 is 17.2 Å². The molecule has 0 aliphatic rings. The fourth-order valence-electron chi connectivity index (χ4n) is 2.17. The lowest BCUT2D eigenvalue weighted by Crippen LogP contribution is -2.30. The largest absolute Gasteiger partial charge is 0.339 e. The zero-order valence-electron chi connectivity index (χ0n) is 12.6. The summed E-state index contributed by atoms with van der Waals surface area (Å²) in [6.07, 6.45) is 1.64. The Morgan fingerprint density at radius 1 is 1.35 bits per heavy atom. The average Bonchev–Trinajstić information content (AvgIpc) is 3.25. The third-order valence-corrected chi connectivity index (χ3v) is 3.87. The maximum absolute atomic E-state index is 12.3. The van der Waals surface area contributed by atoms with E-state index in [1.807, 2.05) is 37.3 Å². The van der Waals surface area contributed by atoms with Gasteiger partial charge in [0, 0.05) is 11.8 Å². The number of amides is 1. The van der Waals surface area contributed by atoms with E-state index >= 15 is 0 Å². The lowest BCUT2D eigenvalue weighted by molar-refractivity contribution is 0.0937. The van der Waals surface area contributed by atoms with Crippen molar-refractivity contribution in [3.8, 4) is 0 Å². The molecular formula is C16H16N4O2S. The van der Waals surface area contributed by atoms with Crippen molar-refractivity contribution in [1.29, 1.82) is 0 Å². The molecule has 0 aliphatic carbocycles. The van der Waals surface area contributed by atoms with Gasteiger partial charge in [0.1, 0.15) is 11.7 Å². The summed E-state index contributed by atoms with van der Waals surface area (Å²) < 4.78 is 5.25. The highest BCUT2D eigenvalue weighted by molar-refractivity contribution is 7.07. The van der Waals surface area contributed by atoms with Crippen molar-refractivity contribution in [3.63, 3.8) is 0 Å². The van der Waals surface area contributed by atoms with E-state index < -0.39 is 6.04 Å². The fraction of sp³-hybridized carbons (Fsp3) is 0.250. The monoisotopic (exact) mass is 328 g/mol. The SMILES string of the molecule is CCCc1nc([C@H](NC(=O)c2cscn2)c2ccccc2)no1. The molecule has 2 aromatic heterocycles. The predicted molar refractivity (Wildman–Crippen MR) is 86.2 cm³/mol. The molecule has 0 radical (unpaired) electrons. The summed E-state index contributed by atoms with van der Waals surface area (Å²) in [5.74, 6) is 0.761. The van der Waals surface area contributed by atoms with E-state index in [4.69, 9.17) is 4.52 Å². The molecule has 1 amide bonds. The summed E-state index contributed by atoms with van der Waals surface area (Å²) in [6, 6.07) is 9.10. The summed E-state index contributed by atoms with van der Waals surface area (Å²) in [5.41, 5.74) is 2.90. The third-order valence-electron chi connectivity index (χ3n) is 3.28. The van der Waals surface area contributed by atoms with Crippen LogP contribution in [-0.2, 0) is 6.42 Å². The van der Waals surface area contributed by atoms with Gasteiger partial charge in [-0.2, -0.15) is 4.98 Å². The molecule has 0 saturated carbocycles. The van der Waals surface area contributed by atoms with Crippen LogP contribution in [0.2, 0.25) is 0 Å². The molecule has 0 aliphatic heterocycles.